The van der Waals surface area contributed by atoms with Crippen LogP contribution in [-0.2, 0) is 0 Å². The van der Waals surface area contributed by atoms with Crippen LogP contribution in [0.1, 0.15) is 144 Å². The van der Waals surface area contributed by atoms with Gasteiger partial charge in [0.2, 0.25) is 0 Å². The van der Waals surface area contributed by atoms with Crippen molar-refractivity contribution in [2.24, 2.45) is 53.3 Å². The molecule has 4 rings (SSSR count). The van der Waals surface area contributed by atoms with Crippen LogP contribution in [-0.4, -0.2) is 0 Å². The molecular formula is C31H58. The first-order chi connectivity index (χ1) is 15.1. The molecule has 31 heavy (non-hydrogen) atoms. The van der Waals surface area contributed by atoms with E-state index in [-0.39, 0.29) is 0 Å². The van der Waals surface area contributed by atoms with E-state index in [0.29, 0.717) is 0 Å². The van der Waals surface area contributed by atoms with Gasteiger partial charge in [0.1, 0.15) is 0 Å². The van der Waals surface area contributed by atoms with Gasteiger partial charge in [-0.3, -0.25) is 0 Å². The Balaban J connectivity index is 0.000000330. The molecule has 4 fully saturated rings. The van der Waals surface area contributed by atoms with Gasteiger partial charge in [-0.1, -0.05) is 112 Å². The van der Waals surface area contributed by atoms with Crippen molar-refractivity contribution in [3.8, 4) is 0 Å². The summed E-state index contributed by atoms with van der Waals surface area (Å²) in [6, 6.07) is 0. The maximum Gasteiger partial charge on any atom is -0.0321 e. The zero-order valence-corrected chi connectivity index (χ0v) is 22.2. The van der Waals surface area contributed by atoms with Crippen LogP contribution in [0.5, 0.6) is 0 Å². The summed E-state index contributed by atoms with van der Waals surface area (Å²) in [7, 11) is 0. The van der Waals surface area contributed by atoms with Crippen LogP contribution in [0.3, 0.4) is 0 Å². The predicted octanol–water partition coefficient (Wildman–Crippen LogP) is 10.3. The van der Waals surface area contributed by atoms with Gasteiger partial charge in [0, 0.05) is 0 Å². The highest BCUT2D eigenvalue weighted by molar-refractivity contribution is 4.98. The fraction of sp³-hybridized carbons (Fsp3) is 1.00. The molecular weight excluding hydrogens is 372 g/mol. The highest BCUT2D eigenvalue weighted by atomic mass is 14.5. The zero-order chi connectivity index (χ0) is 22.2. The molecule has 8 atom stereocenters. The van der Waals surface area contributed by atoms with Crippen LogP contribution in [0.15, 0.2) is 0 Å². The van der Waals surface area contributed by atoms with Crippen LogP contribution in [0.25, 0.3) is 0 Å². The average molecular weight is 431 g/mol. The van der Waals surface area contributed by atoms with Crippen LogP contribution in [0.4, 0.5) is 0 Å². The molecule has 4 aliphatic rings. The van der Waals surface area contributed by atoms with E-state index in [0.717, 1.165) is 53.3 Å². The van der Waals surface area contributed by atoms with E-state index in [2.05, 4.69) is 34.6 Å². The van der Waals surface area contributed by atoms with Gasteiger partial charge in [0.25, 0.3) is 0 Å². The fourth-order valence-corrected chi connectivity index (χ4v) is 8.78. The van der Waals surface area contributed by atoms with Crippen molar-refractivity contribution in [2.75, 3.05) is 0 Å². The topological polar surface area (TPSA) is 0 Å². The second-order valence-electron chi connectivity index (χ2n) is 12.6. The number of rotatable bonds is 6. The van der Waals surface area contributed by atoms with Crippen molar-refractivity contribution in [3.63, 3.8) is 0 Å². The Hall–Kier alpha value is 0. The molecule has 0 N–H and O–H groups in total. The second-order valence-corrected chi connectivity index (χ2v) is 12.6. The molecule has 0 bridgehead atoms. The Morgan fingerprint density at radius 3 is 2.06 bits per heavy atom. The van der Waals surface area contributed by atoms with Gasteiger partial charge in [-0.15, -0.1) is 0 Å². The van der Waals surface area contributed by atoms with E-state index in [1.165, 1.54) is 70.6 Å². The van der Waals surface area contributed by atoms with Crippen molar-refractivity contribution in [1.29, 1.82) is 0 Å². The Morgan fingerprint density at radius 1 is 0.677 bits per heavy atom. The second kappa shape index (κ2) is 13.0. The Labute approximate surface area is 197 Å². The summed E-state index contributed by atoms with van der Waals surface area (Å²) in [4.78, 5) is 0. The van der Waals surface area contributed by atoms with E-state index in [9.17, 15) is 0 Å². The van der Waals surface area contributed by atoms with E-state index in [1.807, 2.05) is 0 Å². The lowest BCUT2D eigenvalue weighted by Gasteiger charge is -2.52. The third-order valence-electron chi connectivity index (χ3n) is 10.6. The molecule has 0 amide bonds. The third kappa shape index (κ3) is 6.76. The van der Waals surface area contributed by atoms with E-state index in [1.54, 1.807) is 38.5 Å². The number of fused-ring (bicyclic) bond motifs is 1. The molecule has 0 heterocycles. The summed E-state index contributed by atoms with van der Waals surface area (Å²) in [6.07, 6.45) is 25.6. The lowest BCUT2D eigenvalue weighted by atomic mass is 9.53. The lowest BCUT2D eigenvalue weighted by molar-refractivity contribution is -0.0297. The molecule has 0 aromatic rings. The van der Waals surface area contributed by atoms with Gasteiger partial charge in [-0.05, 0) is 85.4 Å². The lowest BCUT2D eigenvalue weighted by Crippen LogP contribution is -2.45. The van der Waals surface area contributed by atoms with Crippen LogP contribution in [0.2, 0.25) is 0 Å². The molecule has 8 unspecified atom stereocenters. The molecule has 0 aromatic heterocycles. The molecule has 0 aliphatic heterocycles. The van der Waals surface area contributed by atoms with Crippen molar-refractivity contribution in [2.45, 2.75) is 144 Å². The van der Waals surface area contributed by atoms with Gasteiger partial charge in [0.05, 0.1) is 0 Å². The fourth-order valence-electron chi connectivity index (χ4n) is 8.78. The summed E-state index contributed by atoms with van der Waals surface area (Å²) < 4.78 is 0. The highest BCUT2D eigenvalue weighted by Crippen LogP contribution is 2.57. The average Bonchev–Trinajstić information content (AvgIpc) is 3.25. The molecule has 4 aliphatic carbocycles. The van der Waals surface area contributed by atoms with Crippen LogP contribution >= 0.6 is 0 Å². The molecule has 182 valence electrons. The Morgan fingerprint density at radius 2 is 1.45 bits per heavy atom. The van der Waals surface area contributed by atoms with Gasteiger partial charge in [0.15, 0.2) is 0 Å². The standard InChI is InChI=1S/C24H44.C7H14/c1-5-8-11-21-17(4)15-20-10-9-12-22(20)24(21)23-16-18(6-2)13-14-19(23)7-3;1-7-5-3-2-4-6-7/h17-24H,5-16H2,1-4H3;7H,2-6H2,1H3. The summed E-state index contributed by atoms with van der Waals surface area (Å²) in [5.41, 5.74) is 0. The highest BCUT2D eigenvalue weighted by Gasteiger charge is 2.49. The van der Waals surface area contributed by atoms with Gasteiger partial charge in [-0.2, -0.15) is 0 Å². The molecule has 0 radical (unpaired) electrons. The molecule has 0 saturated heterocycles. The summed E-state index contributed by atoms with van der Waals surface area (Å²) in [6.45, 7) is 12.3. The maximum atomic E-state index is 2.63. The Bertz CT molecular complexity index is 474. The van der Waals surface area contributed by atoms with Crippen molar-refractivity contribution in [1.82, 2.24) is 0 Å². The van der Waals surface area contributed by atoms with Gasteiger partial charge < -0.3 is 0 Å². The zero-order valence-electron chi connectivity index (χ0n) is 22.2. The minimum absolute atomic E-state index is 1.00. The van der Waals surface area contributed by atoms with E-state index < -0.39 is 0 Å². The van der Waals surface area contributed by atoms with Crippen LogP contribution < -0.4 is 0 Å². The first kappa shape index (κ1) is 25.6. The van der Waals surface area contributed by atoms with Gasteiger partial charge in [-0.25, -0.2) is 0 Å². The van der Waals surface area contributed by atoms with Crippen molar-refractivity contribution < 1.29 is 0 Å². The van der Waals surface area contributed by atoms with Crippen molar-refractivity contribution in [3.05, 3.63) is 0 Å². The molecule has 0 heteroatoms. The molecule has 0 spiro atoms. The number of unbranched alkanes of at least 4 members (excludes halogenated alkanes) is 1. The summed E-state index contributed by atoms with van der Waals surface area (Å²) >= 11 is 0. The predicted molar refractivity (Wildman–Crippen MR) is 138 cm³/mol. The minimum Gasteiger partial charge on any atom is -0.0654 e. The molecule has 0 nitrogen and oxygen atoms in total. The Kier molecular flexibility index (Phi) is 10.8. The summed E-state index contributed by atoms with van der Waals surface area (Å²) in [5, 5.41) is 0. The van der Waals surface area contributed by atoms with Crippen LogP contribution in [0, 0.1) is 53.3 Å². The van der Waals surface area contributed by atoms with Gasteiger partial charge >= 0.3 is 0 Å². The third-order valence-corrected chi connectivity index (χ3v) is 10.6. The summed E-state index contributed by atoms with van der Waals surface area (Å²) in [5.74, 6) is 9.56. The smallest absolute Gasteiger partial charge is 0.0321 e. The van der Waals surface area contributed by atoms with E-state index >= 15 is 0 Å². The maximum absolute atomic E-state index is 2.63. The number of hydrogen-bond donors (Lipinski definition) is 0. The first-order valence-corrected chi connectivity index (χ1v) is 15.1. The van der Waals surface area contributed by atoms with Crippen molar-refractivity contribution >= 4 is 0 Å². The number of hydrogen-bond acceptors (Lipinski definition) is 0. The minimum atomic E-state index is 1.00. The SMILES string of the molecule is CC1CCCCC1.CCCCC1C(C)CC2CCCC2C1C1CC(CC)CCC1CC. The molecule has 0 aromatic carbocycles. The van der Waals surface area contributed by atoms with E-state index in [4.69, 9.17) is 0 Å². The normalized spacial score (nSPS) is 41.3. The first-order valence-electron chi connectivity index (χ1n) is 15.1. The largest absolute Gasteiger partial charge is 0.0654 e. The monoisotopic (exact) mass is 430 g/mol. The molecule has 4 saturated carbocycles. The quantitative estimate of drug-likeness (QED) is 0.393.